The Hall–Kier alpha value is -3.55. The Bertz CT molecular complexity index is 1050. The van der Waals surface area contributed by atoms with Crippen molar-refractivity contribution in [3.05, 3.63) is 70.9 Å². The number of carbonyl (C=O) groups is 1. The molecule has 0 unspecified atom stereocenters. The minimum Gasteiger partial charge on any atom is -0.404 e. The van der Waals surface area contributed by atoms with E-state index in [1.807, 2.05) is 18.2 Å². The van der Waals surface area contributed by atoms with Gasteiger partial charge in [-0.25, -0.2) is 8.78 Å². The second-order valence-electron chi connectivity index (χ2n) is 8.13. The van der Waals surface area contributed by atoms with Crippen LogP contribution in [0.2, 0.25) is 0 Å². The number of piperidine rings is 1. The first kappa shape index (κ1) is 24.1. The van der Waals surface area contributed by atoms with Crippen LogP contribution in [-0.4, -0.2) is 42.9 Å². The first-order valence-electron chi connectivity index (χ1n) is 11.0. The Morgan fingerprint density at radius 1 is 1.18 bits per heavy atom. The number of carbonyl (C=O) groups excluding carboxylic acids is 1. The van der Waals surface area contributed by atoms with Crippen molar-refractivity contribution >= 4 is 29.6 Å². The molecule has 2 aromatic rings. The Morgan fingerprint density at radius 3 is 2.61 bits per heavy atom. The summed E-state index contributed by atoms with van der Waals surface area (Å²) >= 11 is 0. The number of nitrogens with one attached hydrogen (secondary N) is 3. The molecule has 174 valence electrons. The molecule has 0 spiro atoms. The van der Waals surface area contributed by atoms with Gasteiger partial charge in [0.1, 0.15) is 0 Å². The highest BCUT2D eigenvalue weighted by Gasteiger charge is 2.23. The highest BCUT2D eigenvalue weighted by atomic mass is 19.2. The normalized spacial score (nSPS) is 14.7. The van der Waals surface area contributed by atoms with Gasteiger partial charge in [-0.1, -0.05) is 18.2 Å². The number of anilines is 1. The number of amides is 1. The van der Waals surface area contributed by atoms with Gasteiger partial charge in [-0.05, 0) is 54.5 Å². The first-order valence-corrected chi connectivity index (χ1v) is 11.0. The van der Waals surface area contributed by atoms with E-state index in [4.69, 9.17) is 16.6 Å². The maximum Gasteiger partial charge on any atom is 0.222 e. The average Bonchev–Trinajstić information content (AvgIpc) is 2.84. The van der Waals surface area contributed by atoms with Crippen molar-refractivity contribution in [2.75, 3.05) is 25.0 Å². The number of nitrogens with two attached hydrogens (primary N) is 1. The van der Waals surface area contributed by atoms with Crippen molar-refractivity contribution < 1.29 is 13.6 Å². The SMILES string of the molecule is N=C/C(=C\N)c1ccc(NCC2CCN(C(=O)CCc3cccc(F)c3F)CC2)c(C=N)c1. The molecular formula is C25H29F2N5O. The summed E-state index contributed by atoms with van der Waals surface area (Å²) < 4.78 is 27.1. The molecule has 5 N–H and O–H groups in total. The fourth-order valence-corrected chi connectivity index (χ4v) is 4.03. The topological polar surface area (TPSA) is 106 Å². The molecule has 1 aliphatic heterocycles. The van der Waals surface area contributed by atoms with Crippen molar-refractivity contribution in [3.8, 4) is 0 Å². The fraction of sp³-hybridized carbons (Fsp3) is 0.320. The molecule has 0 aliphatic carbocycles. The van der Waals surface area contributed by atoms with Crippen molar-refractivity contribution in [2.24, 2.45) is 11.7 Å². The standard InChI is InChI=1S/C25H29F2N5O/c26-22-3-1-2-18(25(22)27)5-7-24(33)32-10-8-17(9-11-32)16-31-23-6-4-19(12-20(23)13-28)21(14-29)15-30/h1-4,6,12-15,17,28-29,31H,5,7-11,16,30H2/b21-15+,28-13?,29-14?. The van der Waals surface area contributed by atoms with Crippen LogP contribution in [0.5, 0.6) is 0 Å². The molecule has 1 saturated heterocycles. The minimum absolute atomic E-state index is 0.0401. The molecule has 0 bridgehead atoms. The van der Waals surface area contributed by atoms with Crippen molar-refractivity contribution in [1.82, 2.24) is 4.90 Å². The maximum absolute atomic E-state index is 13.8. The summed E-state index contributed by atoms with van der Waals surface area (Å²) in [5.41, 5.74) is 8.69. The zero-order chi connectivity index (χ0) is 23.8. The predicted octanol–water partition coefficient (Wildman–Crippen LogP) is 4.19. The summed E-state index contributed by atoms with van der Waals surface area (Å²) in [6.07, 6.45) is 5.86. The number of allylic oxidation sites excluding steroid dienone is 1. The van der Waals surface area contributed by atoms with E-state index in [2.05, 4.69) is 5.32 Å². The molecule has 3 rings (SSSR count). The quantitative estimate of drug-likeness (QED) is 0.428. The van der Waals surface area contributed by atoms with E-state index in [1.165, 1.54) is 30.8 Å². The molecule has 2 aromatic carbocycles. The lowest BCUT2D eigenvalue weighted by atomic mass is 9.95. The van der Waals surface area contributed by atoms with Gasteiger partial charge in [-0.15, -0.1) is 0 Å². The lowest BCUT2D eigenvalue weighted by Crippen LogP contribution is -2.40. The molecule has 0 atom stereocenters. The van der Waals surface area contributed by atoms with Crippen LogP contribution in [0.3, 0.4) is 0 Å². The molecule has 6 nitrogen and oxygen atoms in total. The van der Waals surface area contributed by atoms with Gasteiger partial charge in [0.05, 0.1) is 0 Å². The van der Waals surface area contributed by atoms with Gasteiger partial charge in [-0.2, -0.15) is 0 Å². The third-order valence-electron chi connectivity index (χ3n) is 6.06. The number of hydrogen-bond donors (Lipinski definition) is 4. The zero-order valence-corrected chi connectivity index (χ0v) is 18.4. The lowest BCUT2D eigenvalue weighted by Gasteiger charge is -2.32. The predicted molar refractivity (Wildman–Crippen MR) is 128 cm³/mol. The van der Waals surface area contributed by atoms with E-state index in [-0.39, 0.29) is 24.3 Å². The highest BCUT2D eigenvalue weighted by molar-refractivity contribution is 6.08. The number of hydrogen-bond acceptors (Lipinski definition) is 5. The average molecular weight is 454 g/mol. The van der Waals surface area contributed by atoms with Gasteiger partial charge < -0.3 is 26.8 Å². The molecule has 0 aromatic heterocycles. The van der Waals surface area contributed by atoms with Crippen LogP contribution in [0.4, 0.5) is 14.5 Å². The van der Waals surface area contributed by atoms with E-state index in [0.29, 0.717) is 30.1 Å². The number of rotatable bonds is 9. The molecule has 1 fully saturated rings. The number of benzene rings is 2. The first-order chi connectivity index (χ1) is 16.0. The Morgan fingerprint density at radius 2 is 1.94 bits per heavy atom. The summed E-state index contributed by atoms with van der Waals surface area (Å²) in [7, 11) is 0. The number of likely N-dealkylation sites (tertiary alicyclic amines) is 1. The summed E-state index contributed by atoms with van der Waals surface area (Å²) in [6.45, 7) is 2.00. The number of nitrogens with zero attached hydrogens (tertiary/aromatic N) is 1. The lowest BCUT2D eigenvalue weighted by molar-refractivity contribution is -0.132. The zero-order valence-electron chi connectivity index (χ0n) is 18.4. The van der Waals surface area contributed by atoms with Gasteiger partial charge >= 0.3 is 0 Å². The Labute approximate surface area is 192 Å². The van der Waals surface area contributed by atoms with E-state index < -0.39 is 11.6 Å². The summed E-state index contributed by atoms with van der Waals surface area (Å²) in [5, 5.41) is 18.5. The van der Waals surface area contributed by atoms with Crippen LogP contribution < -0.4 is 11.1 Å². The third kappa shape index (κ3) is 6.03. The van der Waals surface area contributed by atoms with Crippen LogP contribution in [0, 0.1) is 28.4 Å². The third-order valence-corrected chi connectivity index (χ3v) is 6.06. The minimum atomic E-state index is -0.889. The Kier molecular flexibility index (Phi) is 8.29. The van der Waals surface area contributed by atoms with Crippen LogP contribution in [0.15, 0.2) is 42.6 Å². The molecule has 1 amide bonds. The monoisotopic (exact) mass is 453 g/mol. The van der Waals surface area contributed by atoms with E-state index in [0.717, 1.165) is 36.7 Å². The van der Waals surface area contributed by atoms with E-state index >= 15 is 0 Å². The molecule has 33 heavy (non-hydrogen) atoms. The van der Waals surface area contributed by atoms with Gasteiger partial charge in [0.2, 0.25) is 5.91 Å². The summed E-state index contributed by atoms with van der Waals surface area (Å²) in [4.78, 5) is 14.3. The fourth-order valence-electron chi connectivity index (χ4n) is 4.03. The maximum atomic E-state index is 13.8. The molecule has 1 aliphatic rings. The summed E-state index contributed by atoms with van der Waals surface area (Å²) in [6, 6.07) is 9.60. The van der Waals surface area contributed by atoms with Crippen LogP contribution >= 0.6 is 0 Å². The molecule has 0 radical (unpaired) electrons. The van der Waals surface area contributed by atoms with Gasteiger partial charge in [-0.3, -0.25) is 4.79 Å². The summed E-state index contributed by atoms with van der Waals surface area (Å²) in [5.74, 6) is -1.42. The number of halogens is 2. The molecule has 8 heteroatoms. The van der Waals surface area contributed by atoms with Gasteiger partial charge in [0.15, 0.2) is 11.6 Å². The Balaban J connectivity index is 1.48. The highest BCUT2D eigenvalue weighted by Crippen LogP contribution is 2.23. The molecule has 0 saturated carbocycles. The largest absolute Gasteiger partial charge is 0.404 e. The van der Waals surface area contributed by atoms with E-state index in [1.54, 1.807) is 4.90 Å². The molecular weight excluding hydrogens is 424 g/mol. The second kappa shape index (κ2) is 11.4. The van der Waals surface area contributed by atoms with Crippen LogP contribution in [0.1, 0.15) is 36.0 Å². The van der Waals surface area contributed by atoms with Crippen molar-refractivity contribution in [3.63, 3.8) is 0 Å². The van der Waals surface area contributed by atoms with Crippen LogP contribution in [-0.2, 0) is 11.2 Å². The smallest absolute Gasteiger partial charge is 0.222 e. The van der Waals surface area contributed by atoms with Crippen molar-refractivity contribution in [1.29, 1.82) is 10.8 Å². The van der Waals surface area contributed by atoms with Crippen LogP contribution in [0.25, 0.3) is 5.57 Å². The van der Waals surface area contributed by atoms with Gasteiger partial charge in [0, 0.05) is 61.5 Å². The van der Waals surface area contributed by atoms with E-state index in [9.17, 15) is 13.6 Å². The second-order valence-corrected chi connectivity index (χ2v) is 8.13. The number of aryl methyl sites for hydroxylation is 1. The van der Waals surface area contributed by atoms with Gasteiger partial charge in [0.25, 0.3) is 0 Å². The van der Waals surface area contributed by atoms with Crippen molar-refractivity contribution in [2.45, 2.75) is 25.7 Å². The molecule has 1 heterocycles.